The highest BCUT2D eigenvalue weighted by molar-refractivity contribution is 6.30. The Labute approximate surface area is 115 Å². The van der Waals surface area contributed by atoms with Gasteiger partial charge in [0, 0.05) is 17.1 Å². The first kappa shape index (κ1) is 15.5. The first-order chi connectivity index (χ1) is 8.67. The Kier molecular flexibility index (Phi) is 7.29. The predicted octanol–water partition coefficient (Wildman–Crippen LogP) is 4.79. The van der Waals surface area contributed by atoms with E-state index >= 15 is 0 Å². The summed E-state index contributed by atoms with van der Waals surface area (Å²) in [4.78, 5) is 0. The first-order valence-corrected chi connectivity index (χ1v) is 7.19. The molecular weight excluding hydrogens is 249 g/mol. The molecule has 0 fully saturated rings. The summed E-state index contributed by atoms with van der Waals surface area (Å²) in [6.45, 7) is 5.92. The van der Waals surface area contributed by atoms with Gasteiger partial charge in [0.05, 0.1) is 0 Å². The molecule has 18 heavy (non-hydrogen) atoms. The molecule has 0 saturated heterocycles. The van der Waals surface area contributed by atoms with Gasteiger partial charge in [0.1, 0.15) is 5.82 Å². The van der Waals surface area contributed by atoms with Gasteiger partial charge in [-0.25, -0.2) is 4.39 Å². The fourth-order valence-corrected chi connectivity index (χ4v) is 2.23. The van der Waals surface area contributed by atoms with E-state index in [-0.39, 0.29) is 5.82 Å². The van der Waals surface area contributed by atoms with Crippen LogP contribution in [0.2, 0.25) is 5.02 Å². The van der Waals surface area contributed by atoms with Crippen molar-refractivity contribution in [1.82, 2.24) is 5.32 Å². The summed E-state index contributed by atoms with van der Waals surface area (Å²) >= 11 is 5.86. The molecule has 102 valence electrons. The quantitative estimate of drug-likeness (QED) is 0.717. The Hall–Kier alpha value is -0.600. The van der Waals surface area contributed by atoms with Crippen LogP contribution in [0.15, 0.2) is 18.2 Å². The first-order valence-electron chi connectivity index (χ1n) is 6.82. The van der Waals surface area contributed by atoms with Gasteiger partial charge in [-0.1, -0.05) is 44.7 Å². The molecule has 1 aromatic rings. The molecule has 0 aromatic heterocycles. The van der Waals surface area contributed by atoms with Crippen LogP contribution in [0.25, 0.3) is 0 Å². The van der Waals surface area contributed by atoms with Gasteiger partial charge in [-0.15, -0.1) is 0 Å². The third-order valence-corrected chi connectivity index (χ3v) is 3.53. The van der Waals surface area contributed by atoms with Crippen molar-refractivity contribution >= 4 is 11.6 Å². The molecule has 1 aromatic carbocycles. The number of rotatable bonds is 8. The number of hydrogen-bond donors (Lipinski definition) is 1. The van der Waals surface area contributed by atoms with Crippen molar-refractivity contribution in [2.45, 2.75) is 46.1 Å². The van der Waals surface area contributed by atoms with E-state index in [0.717, 1.165) is 6.54 Å². The summed E-state index contributed by atoms with van der Waals surface area (Å²) in [6, 6.07) is 4.70. The van der Waals surface area contributed by atoms with Gasteiger partial charge in [-0.2, -0.15) is 0 Å². The van der Waals surface area contributed by atoms with Gasteiger partial charge in [-0.05, 0) is 37.1 Å². The van der Waals surface area contributed by atoms with Gasteiger partial charge in [0.15, 0.2) is 0 Å². The highest BCUT2D eigenvalue weighted by atomic mass is 35.5. The molecule has 1 atom stereocenters. The molecule has 1 unspecified atom stereocenters. The Morgan fingerprint density at radius 2 is 2.11 bits per heavy atom. The van der Waals surface area contributed by atoms with E-state index in [1.165, 1.54) is 31.7 Å². The van der Waals surface area contributed by atoms with Gasteiger partial charge in [0.25, 0.3) is 0 Å². The summed E-state index contributed by atoms with van der Waals surface area (Å²) in [5.41, 5.74) is 0.646. The van der Waals surface area contributed by atoms with Crippen LogP contribution in [0.3, 0.4) is 0 Å². The van der Waals surface area contributed by atoms with Crippen LogP contribution in [-0.4, -0.2) is 6.54 Å². The van der Waals surface area contributed by atoms with Gasteiger partial charge in [-0.3, -0.25) is 0 Å². The topological polar surface area (TPSA) is 12.0 Å². The van der Waals surface area contributed by atoms with Crippen molar-refractivity contribution in [3.05, 3.63) is 34.6 Å². The fourth-order valence-electron chi connectivity index (χ4n) is 2.03. The third-order valence-electron chi connectivity index (χ3n) is 3.30. The zero-order chi connectivity index (χ0) is 13.4. The van der Waals surface area contributed by atoms with Crippen molar-refractivity contribution in [3.8, 4) is 0 Å². The van der Waals surface area contributed by atoms with Crippen molar-refractivity contribution in [2.24, 2.45) is 5.92 Å². The predicted molar refractivity (Wildman–Crippen MR) is 76.4 cm³/mol. The molecule has 1 N–H and O–H groups in total. The van der Waals surface area contributed by atoms with E-state index in [0.29, 0.717) is 23.0 Å². The number of nitrogens with one attached hydrogen (secondary N) is 1. The Morgan fingerprint density at radius 3 is 2.78 bits per heavy atom. The average Bonchev–Trinajstić information content (AvgIpc) is 2.37. The molecule has 0 aliphatic carbocycles. The molecule has 1 nitrogen and oxygen atoms in total. The molecule has 0 heterocycles. The average molecular weight is 272 g/mol. The summed E-state index contributed by atoms with van der Waals surface area (Å²) in [7, 11) is 0. The van der Waals surface area contributed by atoms with Crippen molar-refractivity contribution in [1.29, 1.82) is 0 Å². The molecule has 3 heteroatoms. The van der Waals surface area contributed by atoms with Crippen molar-refractivity contribution in [3.63, 3.8) is 0 Å². The fraction of sp³-hybridized carbons (Fsp3) is 0.600. The molecule has 0 radical (unpaired) electrons. The minimum Gasteiger partial charge on any atom is -0.312 e. The zero-order valence-corrected chi connectivity index (χ0v) is 12.1. The van der Waals surface area contributed by atoms with E-state index in [4.69, 9.17) is 11.6 Å². The lowest BCUT2D eigenvalue weighted by Crippen LogP contribution is -2.22. The second-order valence-electron chi connectivity index (χ2n) is 4.78. The van der Waals surface area contributed by atoms with E-state index in [1.54, 1.807) is 12.1 Å². The standard InChI is InChI=1S/C15H23ClFN/c1-3-5-6-12(4-2)10-18-11-13-9-14(16)7-8-15(13)17/h7-9,12,18H,3-6,10-11H2,1-2H3. The molecule has 0 aliphatic rings. The number of hydrogen-bond acceptors (Lipinski definition) is 1. The molecule has 0 spiro atoms. The zero-order valence-electron chi connectivity index (χ0n) is 11.3. The largest absolute Gasteiger partial charge is 0.312 e. The van der Waals surface area contributed by atoms with Crippen molar-refractivity contribution < 1.29 is 4.39 Å². The lowest BCUT2D eigenvalue weighted by Gasteiger charge is -2.15. The van der Waals surface area contributed by atoms with Crippen LogP contribution in [0, 0.1) is 11.7 Å². The van der Waals surface area contributed by atoms with Crippen LogP contribution in [0.1, 0.15) is 45.1 Å². The third kappa shape index (κ3) is 5.36. The minimum atomic E-state index is -0.187. The minimum absolute atomic E-state index is 0.187. The van der Waals surface area contributed by atoms with E-state index in [1.807, 2.05) is 0 Å². The summed E-state index contributed by atoms with van der Waals surface area (Å²) in [5.74, 6) is 0.501. The molecule has 0 amide bonds. The van der Waals surface area contributed by atoms with E-state index in [2.05, 4.69) is 19.2 Å². The van der Waals surface area contributed by atoms with Crippen LogP contribution >= 0.6 is 11.6 Å². The second-order valence-corrected chi connectivity index (χ2v) is 5.22. The molecular formula is C15H23ClFN. The second kappa shape index (κ2) is 8.49. The summed E-state index contributed by atoms with van der Waals surface area (Å²) in [6.07, 6.45) is 4.92. The van der Waals surface area contributed by atoms with E-state index < -0.39 is 0 Å². The Balaban J connectivity index is 2.37. The van der Waals surface area contributed by atoms with Gasteiger partial charge < -0.3 is 5.32 Å². The van der Waals surface area contributed by atoms with Crippen LogP contribution in [-0.2, 0) is 6.54 Å². The lowest BCUT2D eigenvalue weighted by molar-refractivity contribution is 0.417. The number of halogens is 2. The lowest BCUT2D eigenvalue weighted by atomic mass is 9.99. The summed E-state index contributed by atoms with van der Waals surface area (Å²) < 4.78 is 13.5. The highest BCUT2D eigenvalue weighted by Crippen LogP contribution is 2.15. The Bertz CT molecular complexity index is 354. The van der Waals surface area contributed by atoms with Crippen LogP contribution < -0.4 is 5.32 Å². The number of unbranched alkanes of at least 4 members (excludes halogenated alkanes) is 1. The normalized spacial score (nSPS) is 12.7. The number of benzene rings is 1. The maximum absolute atomic E-state index is 13.5. The monoisotopic (exact) mass is 271 g/mol. The molecule has 0 saturated carbocycles. The van der Waals surface area contributed by atoms with Gasteiger partial charge in [0.2, 0.25) is 0 Å². The molecule has 0 bridgehead atoms. The van der Waals surface area contributed by atoms with Crippen molar-refractivity contribution in [2.75, 3.05) is 6.54 Å². The van der Waals surface area contributed by atoms with E-state index in [9.17, 15) is 4.39 Å². The van der Waals surface area contributed by atoms with Gasteiger partial charge >= 0.3 is 0 Å². The smallest absolute Gasteiger partial charge is 0.127 e. The Morgan fingerprint density at radius 1 is 1.33 bits per heavy atom. The maximum atomic E-state index is 13.5. The maximum Gasteiger partial charge on any atom is 0.127 e. The summed E-state index contributed by atoms with van der Waals surface area (Å²) in [5, 5.41) is 3.92. The molecule has 0 aliphatic heterocycles. The molecule has 1 rings (SSSR count). The van der Waals surface area contributed by atoms with Crippen LogP contribution in [0.4, 0.5) is 4.39 Å². The SMILES string of the molecule is CCCCC(CC)CNCc1cc(Cl)ccc1F. The van der Waals surface area contributed by atoms with Crippen LogP contribution in [0.5, 0.6) is 0 Å². The highest BCUT2D eigenvalue weighted by Gasteiger charge is 2.07.